The van der Waals surface area contributed by atoms with Crippen molar-refractivity contribution < 1.29 is 34.8 Å². The molecule has 0 aliphatic heterocycles. The normalized spacial score (nSPS) is 10.4. The Labute approximate surface area is 200 Å². The fraction of sp³-hybridized carbons (Fsp3) is 0.200. The fourth-order valence-electron chi connectivity index (χ4n) is 2.32. The molecule has 10 nitrogen and oxygen atoms in total. The molecule has 2 aromatic rings. The number of guanidine groups is 4. The Morgan fingerprint density at radius 3 is 1.16 bits per heavy atom. The van der Waals surface area contributed by atoms with Crippen LogP contribution in [0.3, 0.4) is 0 Å². The first-order chi connectivity index (χ1) is 14.4. The van der Waals surface area contributed by atoms with Gasteiger partial charge in [-0.3, -0.25) is 21.5 Å². The van der Waals surface area contributed by atoms with Gasteiger partial charge in [0.05, 0.1) is 13.1 Å². The summed E-state index contributed by atoms with van der Waals surface area (Å²) in [6.07, 6.45) is 1.75. The minimum Gasteiger partial charge on any atom is -1.00 e. The number of nitrogens with two attached hydrogens (primary N) is 6. The van der Waals surface area contributed by atoms with Crippen LogP contribution < -0.4 is 69.2 Å². The van der Waals surface area contributed by atoms with Gasteiger partial charge >= 0.3 is 11.9 Å². The second-order valence-corrected chi connectivity index (χ2v) is 6.17. The first-order valence-corrected chi connectivity index (χ1v) is 9.36. The van der Waals surface area contributed by atoms with Crippen molar-refractivity contribution in [1.29, 1.82) is 0 Å². The number of aliphatic imine (C=N–C) groups is 2. The van der Waals surface area contributed by atoms with E-state index in [4.69, 9.17) is 34.4 Å². The van der Waals surface area contributed by atoms with Crippen LogP contribution >= 0.6 is 0 Å². The third-order valence-electron chi connectivity index (χ3n) is 3.62. The van der Waals surface area contributed by atoms with Crippen LogP contribution in [0.5, 0.6) is 0 Å². The van der Waals surface area contributed by atoms with Gasteiger partial charge in [0, 0.05) is 12.8 Å². The van der Waals surface area contributed by atoms with E-state index in [1.54, 1.807) is 0 Å². The van der Waals surface area contributed by atoms with Crippen molar-refractivity contribution in [3.63, 3.8) is 0 Å². The van der Waals surface area contributed by atoms with Crippen molar-refractivity contribution in [1.82, 2.24) is 0 Å². The average Bonchev–Trinajstić information content (AvgIpc) is 2.69. The zero-order valence-electron chi connectivity index (χ0n) is 17.7. The number of hydrogen-bond donors (Lipinski definition) is 8. The summed E-state index contributed by atoms with van der Waals surface area (Å²) in [5.74, 6) is 0.399. The van der Waals surface area contributed by atoms with E-state index in [9.17, 15) is 0 Å². The van der Waals surface area contributed by atoms with E-state index < -0.39 is 0 Å². The summed E-state index contributed by atoms with van der Waals surface area (Å²) in [5.41, 5.74) is 34.1. The zero-order chi connectivity index (χ0) is 22.2. The van der Waals surface area contributed by atoms with Crippen LogP contribution in [0.4, 0.5) is 0 Å². The molecule has 12 heteroatoms. The number of benzene rings is 2. The smallest absolute Gasteiger partial charge is 0.385 e. The van der Waals surface area contributed by atoms with E-state index in [0.717, 1.165) is 12.8 Å². The quantitative estimate of drug-likeness (QED) is 0.148. The van der Waals surface area contributed by atoms with Crippen LogP contribution in [-0.4, -0.2) is 36.9 Å². The van der Waals surface area contributed by atoms with Crippen LogP contribution in [0.1, 0.15) is 11.1 Å². The van der Waals surface area contributed by atoms with Crippen molar-refractivity contribution in [2.45, 2.75) is 12.8 Å². The largest absolute Gasteiger partial charge is 1.00 e. The molecule has 2 rings (SSSR count). The van der Waals surface area contributed by atoms with Gasteiger partial charge in [0.2, 0.25) is 0 Å². The maximum atomic E-state index is 5.50. The summed E-state index contributed by atoms with van der Waals surface area (Å²) in [5, 5.41) is 0. The number of hydrogen-bond acceptors (Lipinski definition) is 0. The highest BCUT2D eigenvalue weighted by molar-refractivity contribution is 5.90. The molecule has 0 saturated carbocycles. The first-order valence-electron chi connectivity index (χ1n) is 9.36. The molecule has 14 N–H and O–H groups in total. The minimum atomic E-state index is -0.0419. The third-order valence-corrected chi connectivity index (χ3v) is 3.62. The zero-order valence-corrected chi connectivity index (χ0v) is 19.2. The molecule has 0 atom stereocenters. The van der Waals surface area contributed by atoms with Crippen LogP contribution in [-0.2, 0) is 12.8 Å². The highest BCUT2D eigenvalue weighted by Crippen LogP contribution is 1.97. The lowest BCUT2D eigenvalue weighted by molar-refractivity contribution is -0.458. The molecule has 0 bridgehead atoms. The highest BCUT2D eigenvalue weighted by atomic mass is 35.5. The van der Waals surface area contributed by atoms with Crippen LogP contribution in [0, 0.1) is 0 Å². The average molecular weight is 483 g/mol. The van der Waals surface area contributed by atoms with Gasteiger partial charge in [-0.25, -0.2) is 0 Å². The second-order valence-electron chi connectivity index (χ2n) is 6.17. The molecule has 0 amide bonds. The van der Waals surface area contributed by atoms with Gasteiger partial charge in [0.15, 0.2) is 0 Å². The van der Waals surface area contributed by atoms with Crippen molar-refractivity contribution in [2.75, 3.05) is 13.1 Å². The van der Waals surface area contributed by atoms with E-state index in [1.165, 1.54) is 11.1 Å². The Morgan fingerprint density at radius 1 is 0.562 bits per heavy atom. The summed E-state index contributed by atoms with van der Waals surface area (Å²) < 4.78 is 0. The molecule has 0 aliphatic carbocycles. The Bertz CT molecular complexity index is 787. The Kier molecular flexibility index (Phi) is 17.5. The number of nitrogens with one attached hydrogen (secondary N) is 2. The van der Waals surface area contributed by atoms with Gasteiger partial charge in [-0.1, -0.05) is 60.7 Å². The standard InChI is InChI=1S/2C10H15N5.2ClH/c2*11-9(12)15-10(13)14-7-6-8-4-2-1-3-5-8;;/h2*1-5H,6-7H2,(H6,11,12,13,14,15);2*1H. The summed E-state index contributed by atoms with van der Waals surface area (Å²) in [4.78, 5) is 13.1. The number of nitrogens with zero attached hydrogens (tertiary/aromatic N) is 2. The monoisotopic (exact) mass is 482 g/mol. The molecule has 0 aliphatic rings. The Hall–Kier alpha value is -3.50. The molecule has 0 spiro atoms. The minimum absolute atomic E-state index is 0. The van der Waals surface area contributed by atoms with Gasteiger partial charge in [-0.15, -0.1) is 0 Å². The Balaban J connectivity index is 0. The first kappa shape index (κ1) is 30.7. The molecule has 0 saturated heterocycles. The van der Waals surface area contributed by atoms with E-state index in [2.05, 4.69) is 44.2 Å². The van der Waals surface area contributed by atoms with E-state index in [-0.39, 0.29) is 48.7 Å². The van der Waals surface area contributed by atoms with E-state index in [1.807, 2.05) is 36.4 Å². The second kappa shape index (κ2) is 18.3. The SMILES string of the molecule is NC(N)=NC(N)=[NH+]CCc1ccccc1.NC(N)=NC(N)=[NH+]CCc1ccccc1.[Cl-].[Cl-]. The van der Waals surface area contributed by atoms with Crippen LogP contribution in [0.2, 0.25) is 0 Å². The number of halogens is 2. The van der Waals surface area contributed by atoms with E-state index >= 15 is 0 Å². The molecule has 32 heavy (non-hydrogen) atoms. The molecule has 176 valence electrons. The molecule has 0 heterocycles. The maximum absolute atomic E-state index is 5.50. The topological polar surface area (TPSA) is 209 Å². The molecular weight excluding hydrogens is 451 g/mol. The summed E-state index contributed by atoms with van der Waals surface area (Å²) in [6.45, 7) is 1.40. The fourth-order valence-corrected chi connectivity index (χ4v) is 2.32. The lowest BCUT2D eigenvalue weighted by atomic mass is 10.2. The van der Waals surface area contributed by atoms with Gasteiger partial charge < -0.3 is 47.7 Å². The molecular formula is C20H32Cl2N10. The molecule has 0 unspecified atom stereocenters. The maximum Gasteiger partial charge on any atom is 0.385 e. The van der Waals surface area contributed by atoms with Crippen LogP contribution in [0.15, 0.2) is 70.6 Å². The third kappa shape index (κ3) is 16.3. The van der Waals surface area contributed by atoms with Gasteiger partial charge in [-0.05, 0) is 21.1 Å². The van der Waals surface area contributed by atoms with Crippen molar-refractivity contribution in [3.8, 4) is 0 Å². The van der Waals surface area contributed by atoms with Crippen molar-refractivity contribution in [2.24, 2.45) is 44.4 Å². The Morgan fingerprint density at radius 2 is 0.875 bits per heavy atom. The predicted octanol–water partition coefficient (Wildman–Crippen LogP) is -10.2. The molecule has 0 fully saturated rings. The molecule has 0 radical (unpaired) electrons. The summed E-state index contributed by atoms with van der Waals surface area (Å²) >= 11 is 0. The molecule has 2 aromatic carbocycles. The van der Waals surface area contributed by atoms with Gasteiger partial charge in [-0.2, -0.15) is 0 Å². The van der Waals surface area contributed by atoms with Crippen LogP contribution in [0.25, 0.3) is 0 Å². The number of rotatable bonds is 6. The lowest BCUT2D eigenvalue weighted by Crippen LogP contribution is -3.00. The lowest BCUT2D eigenvalue weighted by Gasteiger charge is -1.95. The van der Waals surface area contributed by atoms with E-state index in [0.29, 0.717) is 13.1 Å². The summed E-state index contributed by atoms with van der Waals surface area (Å²) in [6, 6.07) is 20.2. The highest BCUT2D eigenvalue weighted by Gasteiger charge is 1.98. The van der Waals surface area contributed by atoms with Gasteiger partial charge in [0.1, 0.15) is 0 Å². The van der Waals surface area contributed by atoms with Gasteiger partial charge in [0.25, 0.3) is 11.9 Å². The van der Waals surface area contributed by atoms with Crippen molar-refractivity contribution >= 4 is 23.8 Å². The summed E-state index contributed by atoms with van der Waals surface area (Å²) in [7, 11) is 0. The van der Waals surface area contributed by atoms with Crippen molar-refractivity contribution in [3.05, 3.63) is 71.8 Å². The predicted molar refractivity (Wildman–Crippen MR) is 122 cm³/mol. The molecule has 0 aromatic heterocycles.